The maximum Gasteiger partial charge on any atom is 0.229 e. The third-order valence-electron chi connectivity index (χ3n) is 3.07. The van der Waals surface area contributed by atoms with Crippen LogP contribution in [-0.4, -0.2) is 5.11 Å². The number of aromatic nitrogens is 1. The van der Waals surface area contributed by atoms with Gasteiger partial charge in [0.05, 0.1) is 0 Å². The van der Waals surface area contributed by atoms with Crippen molar-refractivity contribution < 1.29 is 18.8 Å². The van der Waals surface area contributed by atoms with Crippen molar-refractivity contribution in [2.45, 2.75) is 27.0 Å². The Balaban J connectivity index is 2.22. The van der Waals surface area contributed by atoms with Crippen LogP contribution in [0.1, 0.15) is 18.2 Å². The molecule has 1 aromatic heterocycles. The summed E-state index contributed by atoms with van der Waals surface area (Å²) in [5.41, 5.74) is 1.28. The normalized spacial score (nSPS) is 10.5. The predicted molar refractivity (Wildman–Crippen MR) is 69.4 cm³/mol. The highest BCUT2D eigenvalue weighted by Gasteiger charge is 2.17. The fourth-order valence-corrected chi connectivity index (χ4v) is 1.95. The SMILES string of the molecule is CC[n+]1ccc(O)c(OCc2ccccc2F)c1C. The number of aromatic hydroxyl groups is 1. The number of benzene rings is 1. The van der Waals surface area contributed by atoms with Crippen molar-refractivity contribution in [3.63, 3.8) is 0 Å². The first-order chi connectivity index (χ1) is 9.13. The van der Waals surface area contributed by atoms with Crippen LogP contribution in [0, 0.1) is 12.7 Å². The molecule has 4 heteroatoms. The zero-order valence-corrected chi connectivity index (χ0v) is 11.1. The van der Waals surface area contributed by atoms with Crippen LogP contribution in [0.4, 0.5) is 4.39 Å². The molecule has 1 heterocycles. The third-order valence-corrected chi connectivity index (χ3v) is 3.07. The molecular formula is C15H17FNO2+. The summed E-state index contributed by atoms with van der Waals surface area (Å²) >= 11 is 0. The van der Waals surface area contributed by atoms with Gasteiger partial charge in [-0.3, -0.25) is 0 Å². The van der Waals surface area contributed by atoms with Crippen LogP contribution in [0.5, 0.6) is 11.5 Å². The van der Waals surface area contributed by atoms with Gasteiger partial charge in [0.1, 0.15) is 19.0 Å². The minimum Gasteiger partial charge on any atom is -0.504 e. The molecule has 100 valence electrons. The number of hydrogen-bond acceptors (Lipinski definition) is 2. The fraction of sp³-hybridized carbons (Fsp3) is 0.267. The molecule has 3 nitrogen and oxygen atoms in total. The highest BCUT2D eigenvalue weighted by molar-refractivity contribution is 5.38. The zero-order valence-electron chi connectivity index (χ0n) is 11.1. The van der Waals surface area contributed by atoms with Crippen LogP contribution >= 0.6 is 0 Å². The Bertz CT molecular complexity index is 584. The Labute approximate surface area is 111 Å². The summed E-state index contributed by atoms with van der Waals surface area (Å²) in [5.74, 6) is 0.157. The lowest BCUT2D eigenvalue weighted by Gasteiger charge is -2.10. The molecule has 0 radical (unpaired) electrons. The lowest BCUT2D eigenvalue weighted by Crippen LogP contribution is -2.35. The first-order valence-electron chi connectivity index (χ1n) is 6.21. The van der Waals surface area contributed by atoms with Gasteiger partial charge in [-0.25, -0.2) is 4.39 Å². The van der Waals surface area contributed by atoms with Gasteiger partial charge in [-0.05, 0) is 13.0 Å². The molecule has 1 N–H and O–H groups in total. The molecule has 0 atom stereocenters. The van der Waals surface area contributed by atoms with Crippen LogP contribution < -0.4 is 9.30 Å². The van der Waals surface area contributed by atoms with E-state index in [9.17, 15) is 9.50 Å². The number of aryl methyl sites for hydroxylation is 1. The van der Waals surface area contributed by atoms with E-state index in [1.54, 1.807) is 30.5 Å². The van der Waals surface area contributed by atoms with Crippen LogP contribution in [-0.2, 0) is 13.2 Å². The van der Waals surface area contributed by atoms with Gasteiger partial charge in [0.2, 0.25) is 11.4 Å². The molecule has 0 bridgehead atoms. The van der Waals surface area contributed by atoms with E-state index < -0.39 is 0 Å². The molecule has 2 rings (SSSR count). The maximum absolute atomic E-state index is 13.5. The first kappa shape index (κ1) is 13.3. The number of rotatable bonds is 4. The quantitative estimate of drug-likeness (QED) is 0.859. The largest absolute Gasteiger partial charge is 0.504 e. The van der Waals surface area contributed by atoms with Crippen molar-refractivity contribution >= 4 is 0 Å². The van der Waals surface area contributed by atoms with E-state index in [-0.39, 0.29) is 18.2 Å². The highest BCUT2D eigenvalue weighted by atomic mass is 19.1. The van der Waals surface area contributed by atoms with Crippen molar-refractivity contribution in [2.75, 3.05) is 0 Å². The van der Waals surface area contributed by atoms with E-state index in [4.69, 9.17) is 4.74 Å². The third kappa shape index (κ3) is 2.84. The molecule has 0 saturated carbocycles. The second-order valence-corrected chi connectivity index (χ2v) is 4.28. The summed E-state index contributed by atoms with van der Waals surface area (Å²) in [6.45, 7) is 4.74. The molecule has 19 heavy (non-hydrogen) atoms. The first-order valence-corrected chi connectivity index (χ1v) is 6.21. The van der Waals surface area contributed by atoms with Gasteiger partial charge in [0.25, 0.3) is 0 Å². The number of halogens is 1. The van der Waals surface area contributed by atoms with Gasteiger partial charge < -0.3 is 9.84 Å². The molecule has 1 aromatic carbocycles. The van der Waals surface area contributed by atoms with Crippen LogP contribution in [0.3, 0.4) is 0 Å². The topological polar surface area (TPSA) is 33.3 Å². The summed E-state index contributed by atoms with van der Waals surface area (Å²) < 4.78 is 21.0. The Morgan fingerprint density at radius 2 is 2.00 bits per heavy atom. The zero-order chi connectivity index (χ0) is 13.8. The van der Waals surface area contributed by atoms with Crippen molar-refractivity contribution in [1.29, 1.82) is 0 Å². The van der Waals surface area contributed by atoms with Gasteiger partial charge >= 0.3 is 0 Å². The second-order valence-electron chi connectivity index (χ2n) is 4.28. The minimum absolute atomic E-state index is 0.0681. The van der Waals surface area contributed by atoms with Gasteiger partial charge in [0, 0.05) is 18.6 Å². The predicted octanol–water partition coefficient (Wildman–Crippen LogP) is 2.73. The smallest absolute Gasteiger partial charge is 0.229 e. The monoisotopic (exact) mass is 262 g/mol. The van der Waals surface area contributed by atoms with Gasteiger partial charge in [-0.1, -0.05) is 18.2 Å². The van der Waals surface area contributed by atoms with E-state index in [2.05, 4.69) is 0 Å². The number of nitrogens with zero attached hydrogens (tertiary/aromatic N) is 1. The highest BCUT2D eigenvalue weighted by Crippen LogP contribution is 2.27. The van der Waals surface area contributed by atoms with E-state index in [1.807, 2.05) is 18.4 Å². The van der Waals surface area contributed by atoms with E-state index in [0.29, 0.717) is 11.3 Å². The Hall–Kier alpha value is -2.10. The maximum atomic E-state index is 13.5. The molecular weight excluding hydrogens is 245 g/mol. The van der Waals surface area contributed by atoms with Crippen molar-refractivity contribution in [3.05, 3.63) is 53.6 Å². The molecule has 0 unspecified atom stereocenters. The molecule has 0 aliphatic heterocycles. The standard InChI is InChI=1S/C15H16FNO2/c1-3-17-9-8-14(18)15(11(17)2)19-10-12-6-4-5-7-13(12)16/h4-9H,3,10H2,1-2H3/p+1. The van der Waals surface area contributed by atoms with E-state index in [0.717, 1.165) is 12.2 Å². The second kappa shape index (κ2) is 5.69. The molecule has 0 spiro atoms. The molecule has 0 aliphatic carbocycles. The number of ether oxygens (including phenoxy) is 1. The summed E-state index contributed by atoms with van der Waals surface area (Å²) in [7, 11) is 0. The Morgan fingerprint density at radius 3 is 2.68 bits per heavy atom. The van der Waals surface area contributed by atoms with E-state index >= 15 is 0 Å². The number of hydrogen-bond donors (Lipinski definition) is 1. The fourth-order valence-electron chi connectivity index (χ4n) is 1.95. The van der Waals surface area contributed by atoms with Gasteiger partial charge in [0.15, 0.2) is 11.9 Å². The summed E-state index contributed by atoms with van der Waals surface area (Å²) in [6.07, 6.45) is 1.79. The lowest BCUT2D eigenvalue weighted by molar-refractivity contribution is -0.699. The minimum atomic E-state index is -0.307. The Morgan fingerprint density at radius 1 is 1.26 bits per heavy atom. The summed E-state index contributed by atoms with van der Waals surface area (Å²) in [5, 5.41) is 9.83. The Kier molecular flexibility index (Phi) is 4.00. The average molecular weight is 262 g/mol. The summed E-state index contributed by atoms with van der Waals surface area (Å²) in [4.78, 5) is 0. The van der Waals surface area contributed by atoms with Crippen LogP contribution in [0.25, 0.3) is 0 Å². The molecule has 0 aliphatic rings. The van der Waals surface area contributed by atoms with Gasteiger partial charge in [-0.2, -0.15) is 4.57 Å². The van der Waals surface area contributed by atoms with E-state index in [1.165, 1.54) is 6.07 Å². The molecule has 0 fully saturated rings. The summed E-state index contributed by atoms with van der Waals surface area (Å²) in [6, 6.07) is 8.02. The average Bonchev–Trinajstić information content (AvgIpc) is 2.40. The van der Waals surface area contributed by atoms with Crippen LogP contribution in [0.2, 0.25) is 0 Å². The van der Waals surface area contributed by atoms with Crippen molar-refractivity contribution in [3.8, 4) is 11.5 Å². The van der Waals surface area contributed by atoms with Crippen molar-refractivity contribution in [1.82, 2.24) is 0 Å². The van der Waals surface area contributed by atoms with Crippen molar-refractivity contribution in [2.24, 2.45) is 0 Å². The molecule has 0 saturated heterocycles. The number of pyridine rings is 1. The lowest BCUT2D eigenvalue weighted by atomic mass is 10.2. The molecule has 2 aromatic rings. The molecule has 0 amide bonds. The van der Waals surface area contributed by atoms with Crippen LogP contribution in [0.15, 0.2) is 36.5 Å². The van der Waals surface area contributed by atoms with Gasteiger partial charge in [-0.15, -0.1) is 0 Å².